The molecule has 25 heavy (non-hydrogen) atoms. The first-order chi connectivity index (χ1) is 11.8. The predicted molar refractivity (Wildman–Crippen MR) is 114 cm³/mol. The molecule has 2 aromatic heterocycles. The number of hydrogen-bond donors (Lipinski definition) is 2. The molecule has 0 atom stereocenters. The van der Waals surface area contributed by atoms with Crippen molar-refractivity contribution in [2.24, 2.45) is 0 Å². The highest BCUT2D eigenvalue weighted by Crippen LogP contribution is 2.26. The third-order valence-electron chi connectivity index (χ3n) is 3.57. The Kier molecular flexibility index (Phi) is 7.41. The number of aromatic nitrogens is 3. The van der Waals surface area contributed by atoms with Crippen molar-refractivity contribution in [3.8, 4) is 0 Å². The monoisotopic (exact) mass is 491 g/mol. The Morgan fingerprint density at radius 2 is 2.20 bits per heavy atom. The molecule has 136 valence electrons. The van der Waals surface area contributed by atoms with Gasteiger partial charge in [0.2, 0.25) is 0 Å². The first kappa shape index (κ1) is 20.3. The fourth-order valence-electron chi connectivity index (χ4n) is 2.17. The molecule has 0 aliphatic rings. The maximum Gasteiger partial charge on any atom is 0.146 e. The Morgan fingerprint density at radius 1 is 1.44 bits per heavy atom. The molecule has 0 aliphatic carbocycles. The first-order valence-electron chi connectivity index (χ1n) is 7.97. The van der Waals surface area contributed by atoms with E-state index in [0.717, 1.165) is 32.8 Å². The summed E-state index contributed by atoms with van der Waals surface area (Å²) in [7, 11) is -1.06. The minimum absolute atomic E-state index is 0.444. The highest BCUT2D eigenvalue weighted by Gasteiger charge is 2.13. The van der Waals surface area contributed by atoms with Gasteiger partial charge in [0.1, 0.15) is 23.9 Å². The van der Waals surface area contributed by atoms with Gasteiger partial charge in [0.15, 0.2) is 0 Å². The average molecular weight is 492 g/mol. The highest BCUT2D eigenvalue weighted by molar-refractivity contribution is 14.1. The molecule has 2 rings (SSSR count). The number of halogens is 2. The van der Waals surface area contributed by atoms with Crippen LogP contribution in [-0.2, 0) is 11.3 Å². The van der Waals surface area contributed by atoms with Gasteiger partial charge in [-0.05, 0) is 28.6 Å². The predicted octanol–water partition coefficient (Wildman–Crippen LogP) is 4.12. The summed E-state index contributed by atoms with van der Waals surface area (Å²) in [6.07, 6.45) is 6.56. The van der Waals surface area contributed by atoms with Crippen molar-refractivity contribution in [2.45, 2.75) is 32.2 Å². The van der Waals surface area contributed by atoms with Crippen LogP contribution in [0.5, 0.6) is 0 Å². The van der Waals surface area contributed by atoms with Gasteiger partial charge in [-0.3, -0.25) is 0 Å². The molecule has 0 spiro atoms. The quantitative estimate of drug-likeness (QED) is 0.138. The molecule has 2 aromatic rings. The number of rotatable bonds is 9. The Hall–Kier alpha value is -0.973. The summed E-state index contributed by atoms with van der Waals surface area (Å²) in [5, 5.41) is 12.0. The van der Waals surface area contributed by atoms with Crippen molar-refractivity contribution >= 4 is 59.5 Å². The number of allylic oxidation sites excluding steroid dienone is 1. The molecular formula is C16H23ClIN5OSi. The van der Waals surface area contributed by atoms with Gasteiger partial charge >= 0.3 is 0 Å². The van der Waals surface area contributed by atoms with E-state index in [0.29, 0.717) is 18.4 Å². The zero-order chi connectivity index (χ0) is 18.4. The van der Waals surface area contributed by atoms with E-state index in [9.17, 15) is 0 Å². The largest absolute Gasteiger partial charge is 0.368 e. The number of fused-ring (bicyclic) bond motifs is 1. The Balaban J connectivity index is 1.96. The molecule has 0 aromatic carbocycles. The zero-order valence-corrected chi connectivity index (χ0v) is 18.6. The van der Waals surface area contributed by atoms with Crippen LogP contribution >= 0.6 is 34.2 Å². The van der Waals surface area contributed by atoms with Gasteiger partial charge in [0.05, 0.1) is 11.9 Å². The van der Waals surface area contributed by atoms with E-state index < -0.39 is 8.07 Å². The van der Waals surface area contributed by atoms with Crippen LogP contribution in [0.4, 0.5) is 0 Å². The highest BCUT2D eigenvalue weighted by atomic mass is 127. The van der Waals surface area contributed by atoms with Crippen molar-refractivity contribution < 1.29 is 4.74 Å². The van der Waals surface area contributed by atoms with E-state index in [4.69, 9.17) is 21.7 Å². The normalized spacial score (nSPS) is 12.6. The van der Waals surface area contributed by atoms with Gasteiger partial charge in [-0.15, -0.1) is 0 Å². The van der Waals surface area contributed by atoms with E-state index in [1.54, 1.807) is 0 Å². The molecule has 0 fully saturated rings. The topological polar surface area (TPSA) is 75.8 Å². The number of nitrogens with one attached hydrogen (secondary N) is 2. The molecule has 0 amide bonds. The van der Waals surface area contributed by atoms with Crippen molar-refractivity contribution in [1.29, 1.82) is 5.41 Å². The Morgan fingerprint density at radius 3 is 2.88 bits per heavy atom. The standard InChI is InChI=1S/C16H23ClIN5OSi/c1-25(2,3)5-4-24-11-20-7-12(6-19)8-23-9-13(18)14-15(17)21-10-22-16(14)23/h6-7,9-10,19-20H,4-5,8,11H2,1-3H3/b12-7+,19-6?. The van der Waals surface area contributed by atoms with Crippen LogP contribution in [0.25, 0.3) is 11.0 Å². The molecule has 2 N–H and O–H groups in total. The molecular weight excluding hydrogens is 469 g/mol. The lowest BCUT2D eigenvalue weighted by Crippen LogP contribution is -2.23. The Labute approximate surface area is 167 Å². The van der Waals surface area contributed by atoms with Crippen LogP contribution in [0.15, 0.2) is 24.3 Å². The summed E-state index contributed by atoms with van der Waals surface area (Å²) in [5.41, 5.74) is 1.58. The second-order valence-corrected chi connectivity index (χ2v) is 14.0. The summed E-state index contributed by atoms with van der Waals surface area (Å²) >= 11 is 8.37. The van der Waals surface area contributed by atoms with Crippen LogP contribution in [0.1, 0.15) is 0 Å². The molecule has 0 saturated carbocycles. The minimum atomic E-state index is -1.06. The van der Waals surface area contributed by atoms with Crippen molar-refractivity contribution in [1.82, 2.24) is 19.9 Å². The van der Waals surface area contributed by atoms with E-state index >= 15 is 0 Å². The van der Waals surface area contributed by atoms with E-state index in [-0.39, 0.29) is 0 Å². The number of nitrogens with zero attached hydrogens (tertiary/aromatic N) is 3. The smallest absolute Gasteiger partial charge is 0.146 e. The lowest BCUT2D eigenvalue weighted by molar-refractivity contribution is 0.137. The molecule has 0 saturated heterocycles. The van der Waals surface area contributed by atoms with Gasteiger partial charge in [0, 0.05) is 42.4 Å². The third-order valence-corrected chi connectivity index (χ3v) is 6.38. The van der Waals surface area contributed by atoms with Gasteiger partial charge in [-0.2, -0.15) is 0 Å². The number of ether oxygens (including phenoxy) is 1. The Bertz CT molecular complexity index is 772. The summed E-state index contributed by atoms with van der Waals surface area (Å²) in [6, 6.07) is 1.14. The van der Waals surface area contributed by atoms with Crippen molar-refractivity contribution in [3.63, 3.8) is 0 Å². The van der Waals surface area contributed by atoms with Gasteiger partial charge in [-0.25, -0.2) is 9.97 Å². The summed E-state index contributed by atoms with van der Waals surface area (Å²) in [5.74, 6) is 0. The van der Waals surface area contributed by atoms with Crippen LogP contribution in [0, 0.1) is 8.98 Å². The molecule has 9 heteroatoms. The van der Waals surface area contributed by atoms with Crippen LogP contribution < -0.4 is 5.32 Å². The lowest BCUT2D eigenvalue weighted by Gasteiger charge is -2.15. The molecule has 2 heterocycles. The number of hydrogen-bond acceptors (Lipinski definition) is 5. The maximum atomic E-state index is 7.62. The fourth-order valence-corrected chi connectivity index (χ4v) is 4.15. The second kappa shape index (κ2) is 9.11. The van der Waals surface area contributed by atoms with Crippen LogP contribution in [-0.4, -0.2) is 42.2 Å². The maximum absolute atomic E-state index is 7.62. The third kappa shape index (κ3) is 6.05. The summed E-state index contributed by atoms with van der Waals surface area (Å²) < 4.78 is 8.56. The van der Waals surface area contributed by atoms with Gasteiger partial charge in [0.25, 0.3) is 0 Å². The first-order valence-corrected chi connectivity index (χ1v) is 13.1. The average Bonchev–Trinajstić information content (AvgIpc) is 2.85. The zero-order valence-electron chi connectivity index (χ0n) is 14.6. The molecule has 6 nitrogen and oxygen atoms in total. The molecule has 0 unspecified atom stereocenters. The molecule has 0 aliphatic heterocycles. The molecule has 0 radical (unpaired) electrons. The fraction of sp³-hybridized carbons (Fsp3) is 0.438. The van der Waals surface area contributed by atoms with E-state index in [2.05, 4.69) is 57.5 Å². The van der Waals surface area contributed by atoms with Crippen LogP contribution in [0.2, 0.25) is 30.8 Å². The van der Waals surface area contributed by atoms with Gasteiger partial charge < -0.3 is 20.0 Å². The summed E-state index contributed by atoms with van der Waals surface area (Å²) in [4.78, 5) is 8.34. The van der Waals surface area contributed by atoms with E-state index in [1.165, 1.54) is 12.5 Å². The second-order valence-electron chi connectivity index (χ2n) is 6.90. The molecule has 0 bridgehead atoms. The SMILES string of the molecule is C[Si](C)(C)CCOCN/C=C(\C=N)Cn1cc(I)c2c(Cl)ncnc21. The van der Waals surface area contributed by atoms with E-state index in [1.807, 2.05) is 17.0 Å². The van der Waals surface area contributed by atoms with Crippen molar-refractivity contribution in [3.05, 3.63) is 33.0 Å². The van der Waals surface area contributed by atoms with Gasteiger partial charge in [-0.1, -0.05) is 31.2 Å². The van der Waals surface area contributed by atoms with Crippen molar-refractivity contribution in [2.75, 3.05) is 13.3 Å². The summed E-state index contributed by atoms with van der Waals surface area (Å²) in [6.45, 7) is 8.73. The lowest BCUT2D eigenvalue weighted by atomic mass is 10.3. The minimum Gasteiger partial charge on any atom is -0.368 e. The van der Waals surface area contributed by atoms with Crippen LogP contribution in [0.3, 0.4) is 0 Å².